The van der Waals surface area contributed by atoms with E-state index in [1.807, 2.05) is 6.07 Å². The quantitative estimate of drug-likeness (QED) is 0.271. The highest BCUT2D eigenvalue weighted by Crippen LogP contribution is 2.34. The number of nitriles is 1. The molecule has 0 aliphatic heterocycles. The zero-order chi connectivity index (χ0) is 29.0. The number of thiophene rings is 1. The average Bonchev–Trinajstić information content (AvgIpc) is 3.58. The maximum atomic E-state index is 14.4. The van der Waals surface area contributed by atoms with Gasteiger partial charge in [-0.2, -0.15) is 15.5 Å². The Morgan fingerprint density at radius 2 is 2.00 bits per heavy atom. The number of aromatic nitrogens is 5. The fourth-order valence-electron chi connectivity index (χ4n) is 4.42. The topological polar surface area (TPSA) is 146 Å². The van der Waals surface area contributed by atoms with Gasteiger partial charge in [0.15, 0.2) is 0 Å². The van der Waals surface area contributed by atoms with E-state index in [1.165, 1.54) is 54.0 Å². The van der Waals surface area contributed by atoms with Crippen molar-refractivity contribution < 1.29 is 18.7 Å². The highest BCUT2D eigenvalue weighted by atomic mass is 32.1. The summed E-state index contributed by atoms with van der Waals surface area (Å²) in [4.78, 5) is 42.2. The largest absolute Gasteiger partial charge is 0.496 e. The fraction of sp³-hybridized carbons (Fsp3) is 0.385. The molecule has 14 heteroatoms. The maximum absolute atomic E-state index is 14.4. The lowest BCUT2D eigenvalue weighted by molar-refractivity contribution is -0.123. The maximum Gasteiger partial charge on any atom is 0.332 e. The molecule has 1 aromatic carbocycles. The van der Waals surface area contributed by atoms with E-state index < -0.39 is 35.1 Å². The van der Waals surface area contributed by atoms with Crippen molar-refractivity contribution in [1.29, 1.82) is 5.26 Å². The lowest BCUT2D eigenvalue weighted by Gasteiger charge is -2.23. The molecular weight excluding hydrogens is 541 g/mol. The summed E-state index contributed by atoms with van der Waals surface area (Å²) >= 11 is 1.13. The van der Waals surface area contributed by atoms with Crippen LogP contribution in [0.2, 0.25) is 0 Å². The van der Waals surface area contributed by atoms with Crippen LogP contribution in [0.5, 0.6) is 5.75 Å². The van der Waals surface area contributed by atoms with Crippen LogP contribution < -0.4 is 21.3 Å². The number of carbonyl (C=O) groups is 1. The highest BCUT2D eigenvalue weighted by Gasteiger charge is 2.28. The molecule has 0 radical (unpaired) electrons. The monoisotopic (exact) mass is 569 g/mol. The molecule has 0 spiro atoms. The second kappa shape index (κ2) is 12.2. The summed E-state index contributed by atoms with van der Waals surface area (Å²) < 4.78 is 28.0. The second-order valence-corrected chi connectivity index (χ2v) is 9.80. The zero-order valence-corrected chi connectivity index (χ0v) is 23.2. The van der Waals surface area contributed by atoms with Crippen LogP contribution in [0, 0.1) is 24.1 Å². The third-order valence-corrected chi connectivity index (χ3v) is 7.64. The van der Waals surface area contributed by atoms with Gasteiger partial charge in [0, 0.05) is 17.7 Å². The summed E-state index contributed by atoms with van der Waals surface area (Å²) in [5.74, 6) is -0.723. The van der Waals surface area contributed by atoms with Crippen molar-refractivity contribution in [3.05, 3.63) is 68.4 Å². The second-order valence-electron chi connectivity index (χ2n) is 8.82. The van der Waals surface area contributed by atoms with Gasteiger partial charge in [0.25, 0.3) is 5.56 Å². The molecule has 0 unspecified atom stereocenters. The van der Waals surface area contributed by atoms with Gasteiger partial charge in [-0.25, -0.2) is 13.8 Å². The van der Waals surface area contributed by atoms with Crippen molar-refractivity contribution >= 4 is 27.5 Å². The predicted molar refractivity (Wildman–Crippen MR) is 145 cm³/mol. The van der Waals surface area contributed by atoms with Gasteiger partial charge in [0.2, 0.25) is 5.91 Å². The molecule has 0 aliphatic carbocycles. The van der Waals surface area contributed by atoms with Gasteiger partial charge < -0.3 is 14.8 Å². The number of hydrogen-bond acceptors (Lipinski definition) is 9. The Hall–Kier alpha value is -4.35. The molecule has 40 heavy (non-hydrogen) atoms. The van der Waals surface area contributed by atoms with Gasteiger partial charge in [-0.3, -0.25) is 14.2 Å². The molecule has 12 nitrogen and oxygen atoms in total. The first-order chi connectivity index (χ1) is 19.2. The summed E-state index contributed by atoms with van der Waals surface area (Å²) in [6, 6.07) is 4.79. The van der Waals surface area contributed by atoms with Crippen LogP contribution in [0.1, 0.15) is 43.5 Å². The van der Waals surface area contributed by atoms with Crippen LogP contribution in [-0.2, 0) is 16.1 Å². The predicted octanol–water partition coefficient (Wildman–Crippen LogP) is 2.63. The number of carbonyl (C=O) groups excluding carboxylic acids is 1. The Balaban J connectivity index is 1.99. The lowest BCUT2D eigenvalue weighted by atomic mass is 10.1. The number of benzene rings is 1. The minimum atomic E-state index is -1.12. The molecule has 210 valence electrons. The number of nitrogens with zero attached hydrogens (tertiary/aromatic N) is 6. The van der Waals surface area contributed by atoms with Gasteiger partial charge in [-0.15, -0.1) is 4.80 Å². The van der Waals surface area contributed by atoms with E-state index in [4.69, 9.17) is 14.7 Å². The van der Waals surface area contributed by atoms with Crippen molar-refractivity contribution in [2.45, 2.75) is 45.9 Å². The van der Waals surface area contributed by atoms with Crippen molar-refractivity contribution in [3.63, 3.8) is 0 Å². The molecule has 0 saturated heterocycles. The highest BCUT2D eigenvalue weighted by molar-refractivity contribution is 7.21. The third kappa shape index (κ3) is 5.38. The van der Waals surface area contributed by atoms with E-state index in [-0.39, 0.29) is 25.0 Å². The molecular formula is C26H28FN7O5S. The minimum Gasteiger partial charge on any atom is -0.496 e. The number of nitrogens with one attached hydrogen (secondary N) is 1. The Bertz CT molecular complexity index is 1690. The van der Waals surface area contributed by atoms with Crippen LogP contribution in [0.25, 0.3) is 15.2 Å². The standard InChI is InChI=1S/C26H28FN7O5S/c1-5-29-22(35)16(3)33-23(36)21-15(2)24(34-30-10-11-31-34)40-25(21)32(26(33)37)14-20(39-12-6-9-28)18-13-17(27)7-8-19(18)38-4/h7-8,10-11,13,16,20H,5-6,12,14H2,1-4H3,(H,29,35)/t16-,20-/m0/s1. The molecule has 1 N–H and O–H groups in total. The molecule has 0 aliphatic rings. The van der Waals surface area contributed by atoms with E-state index in [9.17, 15) is 18.8 Å². The third-order valence-electron chi connectivity index (χ3n) is 6.36. The van der Waals surface area contributed by atoms with Crippen molar-refractivity contribution in [3.8, 4) is 16.8 Å². The number of likely N-dealkylation sites (N-methyl/N-ethyl adjacent to an activating group) is 1. The number of amides is 1. The molecule has 3 heterocycles. The molecule has 0 bridgehead atoms. The number of fused-ring (bicyclic) bond motifs is 1. The number of rotatable bonds is 11. The first kappa shape index (κ1) is 28.7. The molecule has 0 saturated carbocycles. The molecule has 4 rings (SSSR count). The molecule has 1 amide bonds. The van der Waals surface area contributed by atoms with Crippen LogP contribution >= 0.6 is 11.3 Å². The van der Waals surface area contributed by atoms with Crippen LogP contribution in [0.4, 0.5) is 4.39 Å². The summed E-state index contributed by atoms with van der Waals surface area (Å²) in [5, 5.41) is 20.8. The summed E-state index contributed by atoms with van der Waals surface area (Å²) in [6.45, 7) is 5.06. The number of methoxy groups -OCH3 is 1. The molecule has 3 aromatic heterocycles. The first-order valence-electron chi connectivity index (χ1n) is 12.5. The number of halogens is 1. The first-order valence-corrected chi connectivity index (χ1v) is 13.3. The molecule has 0 fully saturated rings. The van der Waals surface area contributed by atoms with Crippen molar-refractivity contribution in [2.75, 3.05) is 20.3 Å². The van der Waals surface area contributed by atoms with Crippen LogP contribution in [-0.4, -0.2) is 50.3 Å². The smallest absolute Gasteiger partial charge is 0.332 e. The Kier molecular flexibility index (Phi) is 8.76. The summed E-state index contributed by atoms with van der Waals surface area (Å²) in [6.07, 6.45) is 2.09. The van der Waals surface area contributed by atoms with E-state index in [1.54, 1.807) is 13.8 Å². The van der Waals surface area contributed by atoms with Gasteiger partial charge in [0.1, 0.15) is 33.5 Å². The number of hydrogen-bond donors (Lipinski definition) is 1. The van der Waals surface area contributed by atoms with Gasteiger partial charge >= 0.3 is 5.69 Å². The summed E-state index contributed by atoms with van der Waals surface area (Å²) in [5.41, 5.74) is -0.538. The molecule has 4 aromatic rings. The minimum absolute atomic E-state index is 0.000396. The van der Waals surface area contributed by atoms with E-state index in [0.29, 0.717) is 33.3 Å². The Morgan fingerprint density at radius 1 is 1.27 bits per heavy atom. The number of aryl methyl sites for hydroxylation is 1. The van der Waals surface area contributed by atoms with E-state index >= 15 is 0 Å². The van der Waals surface area contributed by atoms with Crippen LogP contribution in [0.15, 0.2) is 40.2 Å². The van der Waals surface area contributed by atoms with Crippen molar-refractivity contribution in [2.24, 2.45) is 0 Å². The van der Waals surface area contributed by atoms with Gasteiger partial charge in [-0.1, -0.05) is 11.3 Å². The zero-order valence-electron chi connectivity index (χ0n) is 22.4. The average molecular weight is 570 g/mol. The van der Waals surface area contributed by atoms with Crippen molar-refractivity contribution in [1.82, 2.24) is 29.4 Å². The Labute approximate surface area is 232 Å². The fourth-order valence-corrected chi connectivity index (χ4v) is 5.64. The Morgan fingerprint density at radius 3 is 2.65 bits per heavy atom. The SMILES string of the molecule is CCNC(=O)[C@H](C)n1c(=O)c2c(C)c(-n3nccn3)sc2n(C[C@H](OCCC#N)c2cc(F)ccc2OC)c1=O. The van der Waals surface area contributed by atoms with Crippen LogP contribution in [0.3, 0.4) is 0 Å². The summed E-state index contributed by atoms with van der Waals surface area (Å²) in [7, 11) is 1.42. The van der Waals surface area contributed by atoms with E-state index in [0.717, 1.165) is 15.9 Å². The lowest BCUT2D eigenvalue weighted by Crippen LogP contribution is -2.46. The van der Waals surface area contributed by atoms with Gasteiger partial charge in [0.05, 0.1) is 50.5 Å². The normalized spacial score (nSPS) is 12.7. The van der Waals surface area contributed by atoms with E-state index in [2.05, 4.69) is 15.5 Å². The number of ether oxygens (including phenoxy) is 2. The van der Waals surface area contributed by atoms with Gasteiger partial charge in [-0.05, 0) is 39.0 Å². The molecule has 2 atom stereocenters.